The lowest BCUT2D eigenvalue weighted by Gasteiger charge is -2.16. The SMILES string of the molecule is CN(CCOc1ccc(F)cc1)C(=O)c1csc(Br)c1. The van der Waals surface area contributed by atoms with Gasteiger partial charge in [0.05, 0.1) is 15.9 Å². The second kappa shape index (κ2) is 6.85. The van der Waals surface area contributed by atoms with Crippen LogP contribution in [-0.2, 0) is 0 Å². The van der Waals surface area contributed by atoms with Gasteiger partial charge in [-0.1, -0.05) is 0 Å². The molecule has 0 radical (unpaired) electrons. The van der Waals surface area contributed by atoms with Crippen LogP contribution in [0.2, 0.25) is 0 Å². The van der Waals surface area contributed by atoms with Gasteiger partial charge in [-0.05, 0) is 46.3 Å². The number of halogens is 2. The Labute approximate surface area is 129 Å². The minimum absolute atomic E-state index is 0.0466. The molecule has 2 rings (SSSR count). The molecular formula is C14H13BrFNO2S. The summed E-state index contributed by atoms with van der Waals surface area (Å²) >= 11 is 4.81. The first kappa shape index (κ1) is 15.0. The van der Waals surface area contributed by atoms with Gasteiger partial charge in [0.1, 0.15) is 18.2 Å². The fourth-order valence-electron chi connectivity index (χ4n) is 1.58. The van der Waals surface area contributed by atoms with Crippen LogP contribution in [0.25, 0.3) is 0 Å². The predicted molar refractivity (Wildman–Crippen MR) is 80.9 cm³/mol. The molecule has 0 bridgehead atoms. The zero-order valence-electron chi connectivity index (χ0n) is 10.8. The molecule has 1 amide bonds. The van der Waals surface area contributed by atoms with E-state index in [4.69, 9.17) is 4.74 Å². The fourth-order valence-corrected chi connectivity index (χ4v) is 2.71. The van der Waals surface area contributed by atoms with E-state index in [1.54, 1.807) is 30.1 Å². The number of carbonyl (C=O) groups is 1. The zero-order chi connectivity index (χ0) is 14.5. The summed E-state index contributed by atoms with van der Waals surface area (Å²) in [5, 5.41) is 1.81. The molecule has 0 N–H and O–H groups in total. The van der Waals surface area contributed by atoms with Crippen LogP contribution in [-0.4, -0.2) is 31.0 Å². The minimum atomic E-state index is -0.298. The third kappa shape index (κ3) is 4.05. The van der Waals surface area contributed by atoms with Crippen molar-refractivity contribution in [2.45, 2.75) is 0 Å². The van der Waals surface area contributed by atoms with Crippen molar-refractivity contribution in [3.05, 3.63) is 50.9 Å². The Balaban J connectivity index is 1.81. The Kier molecular flexibility index (Phi) is 5.14. The number of hydrogen-bond acceptors (Lipinski definition) is 3. The van der Waals surface area contributed by atoms with Gasteiger partial charge in [-0.15, -0.1) is 11.3 Å². The predicted octanol–water partition coefficient (Wildman–Crippen LogP) is 3.80. The molecule has 20 heavy (non-hydrogen) atoms. The summed E-state index contributed by atoms with van der Waals surface area (Å²) in [5.74, 6) is 0.243. The highest BCUT2D eigenvalue weighted by Gasteiger charge is 2.13. The highest BCUT2D eigenvalue weighted by atomic mass is 79.9. The summed E-state index contributed by atoms with van der Waals surface area (Å²) in [6, 6.07) is 7.60. The average molecular weight is 358 g/mol. The van der Waals surface area contributed by atoms with Gasteiger partial charge in [-0.25, -0.2) is 4.39 Å². The third-order valence-corrected chi connectivity index (χ3v) is 4.17. The lowest BCUT2D eigenvalue weighted by Crippen LogP contribution is -2.30. The molecule has 106 valence electrons. The quantitative estimate of drug-likeness (QED) is 0.814. The Bertz CT molecular complexity index is 585. The highest BCUT2D eigenvalue weighted by Crippen LogP contribution is 2.21. The van der Waals surface area contributed by atoms with Crippen LogP contribution in [0.4, 0.5) is 4.39 Å². The van der Waals surface area contributed by atoms with E-state index < -0.39 is 0 Å². The number of likely N-dealkylation sites (N-methyl/N-ethyl adjacent to an activating group) is 1. The van der Waals surface area contributed by atoms with Crippen molar-refractivity contribution >= 4 is 33.2 Å². The van der Waals surface area contributed by atoms with Crippen molar-refractivity contribution in [2.24, 2.45) is 0 Å². The molecule has 1 heterocycles. The van der Waals surface area contributed by atoms with Crippen molar-refractivity contribution in [2.75, 3.05) is 20.2 Å². The largest absolute Gasteiger partial charge is 0.492 e. The van der Waals surface area contributed by atoms with Crippen LogP contribution >= 0.6 is 27.3 Å². The Morgan fingerprint density at radius 3 is 2.70 bits per heavy atom. The number of amides is 1. The second-order valence-electron chi connectivity index (χ2n) is 4.17. The van der Waals surface area contributed by atoms with E-state index in [9.17, 15) is 9.18 Å². The molecular weight excluding hydrogens is 345 g/mol. The number of ether oxygens (including phenoxy) is 1. The lowest BCUT2D eigenvalue weighted by molar-refractivity contribution is 0.0774. The summed E-state index contributed by atoms with van der Waals surface area (Å²) in [5.41, 5.74) is 0.658. The van der Waals surface area contributed by atoms with Crippen molar-refractivity contribution in [3.63, 3.8) is 0 Å². The highest BCUT2D eigenvalue weighted by molar-refractivity contribution is 9.11. The van der Waals surface area contributed by atoms with Crippen molar-refractivity contribution in [1.82, 2.24) is 4.90 Å². The van der Waals surface area contributed by atoms with Crippen LogP contribution < -0.4 is 4.74 Å². The number of rotatable bonds is 5. The van der Waals surface area contributed by atoms with Gasteiger partial charge in [0.25, 0.3) is 5.91 Å². The number of carbonyl (C=O) groups excluding carboxylic acids is 1. The van der Waals surface area contributed by atoms with E-state index in [0.29, 0.717) is 24.5 Å². The maximum absolute atomic E-state index is 12.7. The standard InChI is InChI=1S/C14H13BrFNO2S/c1-17(14(18)10-8-13(15)20-9-10)6-7-19-12-4-2-11(16)3-5-12/h2-5,8-9H,6-7H2,1H3. The lowest BCUT2D eigenvalue weighted by atomic mass is 10.3. The molecule has 2 aromatic rings. The number of thiophene rings is 1. The van der Waals surface area contributed by atoms with Crippen molar-refractivity contribution in [1.29, 1.82) is 0 Å². The van der Waals surface area contributed by atoms with Gasteiger partial charge in [-0.3, -0.25) is 4.79 Å². The van der Waals surface area contributed by atoms with E-state index in [2.05, 4.69) is 15.9 Å². The number of nitrogens with zero attached hydrogens (tertiary/aromatic N) is 1. The maximum atomic E-state index is 12.7. The fraction of sp³-hybridized carbons (Fsp3) is 0.214. The molecule has 1 aromatic heterocycles. The van der Waals surface area contributed by atoms with Gasteiger partial charge < -0.3 is 9.64 Å². The summed E-state index contributed by atoms with van der Waals surface area (Å²) in [6.45, 7) is 0.822. The normalized spacial score (nSPS) is 10.3. The molecule has 0 atom stereocenters. The maximum Gasteiger partial charge on any atom is 0.254 e. The van der Waals surface area contributed by atoms with Gasteiger partial charge in [-0.2, -0.15) is 0 Å². The Morgan fingerprint density at radius 2 is 2.10 bits per heavy atom. The van der Waals surface area contributed by atoms with Crippen LogP contribution in [0.5, 0.6) is 5.75 Å². The zero-order valence-corrected chi connectivity index (χ0v) is 13.2. The van der Waals surface area contributed by atoms with E-state index in [0.717, 1.165) is 3.79 Å². The third-order valence-electron chi connectivity index (χ3n) is 2.67. The molecule has 0 aliphatic rings. The molecule has 0 aliphatic carbocycles. The molecule has 0 saturated heterocycles. The smallest absolute Gasteiger partial charge is 0.254 e. The van der Waals surface area contributed by atoms with E-state index >= 15 is 0 Å². The average Bonchev–Trinajstić information content (AvgIpc) is 2.86. The van der Waals surface area contributed by atoms with Crippen LogP contribution in [0.1, 0.15) is 10.4 Å². The molecule has 0 spiro atoms. The summed E-state index contributed by atoms with van der Waals surface area (Å²) in [6.07, 6.45) is 0. The summed E-state index contributed by atoms with van der Waals surface area (Å²) < 4.78 is 19.1. The first-order chi connectivity index (χ1) is 9.56. The molecule has 3 nitrogen and oxygen atoms in total. The van der Waals surface area contributed by atoms with Crippen LogP contribution in [0, 0.1) is 5.82 Å². The van der Waals surface area contributed by atoms with Crippen LogP contribution in [0.3, 0.4) is 0 Å². The van der Waals surface area contributed by atoms with Gasteiger partial charge in [0, 0.05) is 12.4 Å². The second-order valence-corrected chi connectivity index (χ2v) is 6.46. The van der Waals surface area contributed by atoms with Gasteiger partial charge >= 0.3 is 0 Å². The molecule has 0 saturated carbocycles. The Hall–Kier alpha value is -1.40. The molecule has 1 aromatic carbocycles. The van der Waals surface area contributed by atoms with E-state index in [1.807, 2.05) is 5.38 Å². The van der Waals surface area contributed by atoms with Crippen molar-refractivity contribution in [3.8, 4) is 5.75 Å². The molecule has 0 fully saturated rings. The Morgan fingerprint density at radius 1 is 1.40 bits per heavy atom. The van der Waals surface area contributed by atoms with E-state index in [-0.39, 0.29) is 11.7 Å². The molecule has 0 aliphatic heterocycles. The molecule has 6 heteroatoms. The first-order valence-corrected chi connectivity index (χ1v) is 7.61. The monoisotopic (exact) mass is 357 g/mol. The first-order valence-electron chi connectivity index (χ1n) is 5.94. The van der Waals surface area contributed by atoms with E-state index in [1.165, 1.54) is 23.5 Å². The number of hydrogen-bond donors (Lipinski definition) is 0. The number of benzene rings is 1. The molecule has 0 unspecified atom stereocenters. The summed E-state index contributed by atoms with van der Waals surface area (Å²) in [4.78, 5) is 13.6. The van der Waals surface area contributed by atoms with Crippen molar-refractivity contribution < 1.29 is 13.9 Å². The van der Waals surface area contributed by atoms with Gasteiger partial charge in [0.2, 0.25) is 0 Å². The van der Waals surface area contributed by atoms with Gasteiger partial charge in [0.15, 0.2) is 0 Å². The van der Waals surface area contributed by atoms with Crippen LogP contribution in [0.15, 0.2) is 39.5 Å². The minimum Gasteiger partial charge on any atom is -0.492 e. The summed E-state index contributed by atoms with van der Waals surface area (Å²) in [7, 11) is 1.72. The topological polar surface area (TPSA) is 29.5 Å².